The Morgan fingerprint density at radius 2 is 1.62 bits per heavy atom. The fraction of sp³-hybridized carbons (Fsp3) is 0.536. The highest BCUT2D eigenvalue weighted by Gasteiger charge is 2.24. The first kappa shape index (κ1) is 27.0. The zero-order valence-electron chi connectivity index (χ0n) is 20.1. The number of halogens is 2. The highest BCUT2D eigenvalue weighted by molar-refractivity contribution is 5.86. The second kappa shape index (κ2) is 12.9. The Morgan fingerprint density at radius 3 is 2.35 bits per heavy atom. The lowest BCUT2D eigenvalue weighted by Gasteiger charge is -2.28. The summed E-state index contributed by atoms with van der Waals surface area (Å²) in [6.07, 6.45) is 18.9. The lowest BCUT2D eigenvalue weighted by Crippen LogP contribution is -2.38. The van der Waals surface area contributed by atoms with Gasteiger partial charge in [0.25, 0.3) is 0 Å². The maximum atomic E-state index is 6.11. The molecule has 2 fully saturated rings. The first-order chi connectivity index (χ1) is 15.8. The SMILES string of the molecule is Cl.Cl.NC1CCC(NCCC(c2ccncc2)c2cn(C3CCCCC3)c3ccccc23)CC1. The van der Waals surface area contributed by atoms with Crippen LogP contribution in [0.5, 0.6) is 0 Å². The van der Waals surface area contributed by atoms with Gasteiger partial charge in [-0.2, -0.15) is 0 Å². The average Bonchev–Trinajstić information content (AvgIpc) is 3.24. The number of nitrogens with one attached hydrogen (secondary N) is 1. The topological polar surface area (TPSA) is 55.9 Å². The molecule has 5 rings (SSSR count). The normalized spacial score (nSPS) is 22.0. The fourth-order valence-corrected chi connectivity index (χ4v) is 6.02. The van der Waals surface area contributed by atoms with Crippen molar-refractivity contribution in [1.82, 2.24) is 14.9 Å². The zero-order valence-corrected chi connectivity index (χ0v) is 21.7. The summed E-state index contributed by atoms with van der Waals surface area (Å²) in [7, 11) is 0. The molecule has 3 N–H and O–H groups in total. The molecule has 0 saturated heterocycles. The van der Waals surface area contributed by atoms with Crippen molar-refractivity contribution in [3.63, 3.8) is 0 Å². The van der Waals surface area contributed by atoms with Crippen molar-refractivity contribution in [2.75, 3.05) is 6.54 Å². The molecule has 2 heterocycles. The van der Waals surface area contributed by atoms with Gasteiger partial charge in [0, 0.05) is 53.5 Å². The second-order valence-corrected chi connectivity index (χ2v) is 9.99. The molecular formula is C28H40Cl2N4. The Hall–Kier alpha value is -1.59. The van der Waals surface area contributed by atoms with E-state index in [-0.39, 0.29) is 24.8 Å². The maximum Gasteiger partial charge on any atom is 0.0485 e. The van der Waals surface area contributed by atoms with Crippen LogP contribution in [0.2, 0.25) is 0 Å². The lowest BCUT2D eigenvalue weighted by molar-refractivity contribution is 0.340. The summed E-state index contributed by atoms with van der Waals surface area (Å²) in [5.41, 5.74) is 10.4. The van der Waals surface area contributed by atoms with Crippen LogP contribution in [-0.4, -0.2) is 28.2 Å². The van der Waals surface area contributed by atoms with E-state index in [0.29, 0.717) is 24.0 Å². The number of aromatic nitrogens is 2. The van der Waals surface area contributed by atoms with Crippen LogP contribution in [0, 0.1) is 0 Å². The Bertz CT molecular complexity index is 992. The molecular weight excluding hydrogens is 463 g/mol. The van der Waals surface area contributed by atoms with E-state index in [1.165, 1.54) is 67.0 Å². The number of nitrogens with two attached hydrogens (primary N) is 1. The largest absolute Gasteiger partial charge is 0.344 e. The maximum absolute atomic E-state index is 6.11. The van der Waals surface area contributed by atoms with E-state index >= 15 is 0 Å². The monoisotopic (exact) mass is 502 g/mol. The van der Waals surface area contributed by atoms with Gasteiger partial charge in [0.2, 0.25) is 0 Å². The first-order valence-electron chi connectivity index (χ1n) is 12.8. The molecule has 0 radical (unpaired) electrons. The molecule has 2 aliphatic carbocycles. The average molecular weight is 504 g/mol. The van der Waals surface area contributed by atoms with Gasteiger partial charge in [0.15, 0.2) is 0 Å². The smallest absolute Gasteiger partial charge is 0.0485 e. The van der Waals surface area contributed by atoms with E-state index in [1.807, 2.05) is 12.4 Å². The van der Waals surface area contributed by atoms with E-state index in [1.54, 1.807) is 0 Å². The summed E-state index contributed by atoms with van der Waals surface area (Å²) in [6, 6.07) is 15.1. The summed E-state index contributed by atoms with van der Waals surface area (Å²) in [5, 5.41) is 5.27. The Morgan fingerprint density at radius 1 is 0.912 bits per heavy atom. The Labute approximate surface area is 216 Å². The molecule has 2 saturated carbocycles. The summed E-state index contributed by atoms with van der Waals surface area (Å²) in [4.78, 5) is 4.29. The molecule has 4 nitrogen and oxygen atoms in total. The number of pyridine rings is 1. The number of rotatable bonds is 7. The van der Waals surface area contributed by atoms with Gasteiger partial charge in [0.05, 0.1) is 0 Å². The summed E-state index contributed by atoms with van der Waals surface area (Å²) >= 11 is 0. The highest BCUT2D eigenvalue weighted by atomic mass is 35.5. The minimum Gasteiger partial charge on any atom is -0.344 e. The number of nitrogens with zero attached hydrogens (tertiary/aromatic N) is 2. The number of benzene rings is 1. The van der Waals surface area contributed by atoms with Crippen molar-refractivity contribution in [2.45, 2.75) is 88.3 Å². The summed E-state index contributed by atoms with van der Waals surface area (Å²) in [6.45, 7) is 1.04. The predicted octanol–water partition coefficient (Wildman–Crippen LogP) is 6.77. The van der Waals surface area contributed by atoms with E-state index in [4.69, 9.17) is 5.73 Å². The van der Waals surface area contributed by atoms with Crippen molar-refractivity contribution in [3.8, 4) is 0 Å². The highest BCUT2D eigenvalue weighted by Crippen LogP contribution is 2.38. The minimum absolute atomic E-state index is 0. The minimum atomic E-state index is 0. The first-order valence-corrected chi connectivity index (χ1v) is 12.8. The zero-order chi connectivity index (χ0) is 21.8. The third kappa shape index (κ3) is 6.15. The molecule has 0 spiro atoms. The Kier molecular flexibility index (Phi) is 10.3. The predicted molar refractivity (Wildman–Crippen MR) is 147 cm³/mol. The van der Waals surface area contributed by atoms with Gasteiger partial charge in [-0.3, -0.25) is 4.98 Å². The lowest BCUT2D eigenvalue weighted by atomic mass is 9.88. The van der Waals surface area contributed by atoms with Crippen molar-refractivity contribution in [3.05, 3.63) is 66.1 Å². The second-order valence-electron chi connectivity index (χ2n) is 9.99. The number of fused-ring (bicyclic) bond motifs is 1. The van der Waals surface area contributed by atoms with Crippen LogP contribution in [-0.2, 0) is 0 Å². The standard InChI is InChI=1S/C28H38N4.2ClH/c29-22-10-12-23(13-11-22)31-19-16-25(21-14-17-30-18-15-21)27-20-32(24-6-2-1-3-7-24)28-9-5-4-8-26(27)28;;/h4-5,8-9,14-15,17-18,20,22-25,31H,1-3,6-7,10-13,16,19,29H2;2*1H. The van der Waals surface area contributed by atoms with Crippen LogP contribution < -0.4 is 11.1 Å². The van der Waals surface area contributed by atoms with Crippen molar-refractivity contribution in [1.29, 1.82) is 0 Å². The summed E-state index contributed by atoms with van der Waals surface area (Å²) in [5.74, 6) is 0.381. The number of para-hydroxylation sites is 1. The van der Waals surface area contributed by atoms with Crippen LogP contribution >= 0.6 is 24.8 Å². The van der Waals surface area contributed by atoms with Gasteiger partial charge >= 0.3 is 0 Å². The molecule has 1 unspecified atom stereocenters. The van der Waals surface area contributed by atoms with Crippen LogP contribution in [0.15, 0.2) is 55.0 Å². The molecule has 6 heteroatoms. The number of hydrogen-bond acceptors (Lipinski definition) is 3. The van der Waals surface area contributed by atoms with Gasteiger partial charge in [-0.15, -0.1) is 24.8 Å². The molecule has 2 aromatic heterocycles. The van der Waals surface area contributed by atoms with E-state index in [0.717, 1.165) is 25.8 Å². The van der Waals surface area contributed by atoms with Crippen LogP contribution in [0.25, 0.3) is 10.9 Å². The van der Waals surface area contributed by atoms with Crippen LogP contribution in [0.1, 0.15) is 87.3 Å². The van der Waals surface area contributed by atoms with Crippen molar-refractivity contribution in [2.24, 2.45) is 5.73 Å². The van der Waals surface area contributed by atoms with Crippen molar-refractivity contribution < 1.29 is 0 Å². The molecule has 0 amide bonds. The van der Waals surface area contributed by atoms with Crippen LogP contribution in [0.4, 0.5) is 0 Å². The van der Waals surface area contributed by atoms with Gasteiger partial charge in [-0.25, -0.2) is 0 Å². The molecule has 3 aromatic rings. The number of hydrogen-bond donors (Lipinski definition) is 2. The molecule has 1 aromatic carbocycles. The molecule has 2 aliphatic rings. The quantitative estimate of drug-likeness (QED) is 0.374. The van der Waals surface area contributed by atoms with E-state index < -0.39 is 0 Å². The third-order valence-corrected chi connectivity index (χ3v) is 7.86. The fourth-order valence-electron chi connectivity index (χ4n) is 6.02. The molecule has 186 valence electrons. The van der Waals surface area contributed by atoms with Gasteiger partial charge in [-0.1, -0.05) is 37.5 Å². The van der Waals surface area contributed by atoms with Gasteiger partial charge in [0.1, 0.15) is 0 Å². The van der Waals surface area contributed by atoms with Crippen molar-refractivity contribution >= 4 is 35.7 Å². The Balaban J connectivity index is 0.00000162. The molecule has 0 aliphatic heterocycles. The summed E-state index contributed by atoms with van der Waals surface area (Å²) < 4.78 is 2.61. The molecule has 1 atom stereocenters. The van der Waals surface area contributed by atoms with Crippen LogP contribution in [0.3, 0.4) is 0 Å². The third-order valence-electron chi connectivity index (χ3n) is 7.86. The van der Waals surface area contributed by atoms with E-state index in [9.17, 15) is 0 Å². The molecule has 34 heavy (non-hydrogen) atoms. The van der Waals surface area contributed by atoms with Gasteiger partial charge < -0.3 is 15.6 Å². The molecule has 0 bridgehead atoms. The van der Waals surface area contributed by atoms with E-state index in [2.05, 4.69) is 57.5 Å². The van der Waals surface area contributed by atoms with Gasteiger partial charge in [-0.05, 0) is 80.8 Å².